The molecule has 9 heteroatoms. The fourth-order valence-corrected chi connectivity index (χ4v) is 4.34. The third kappa shape index (κ3) is 4.32. The van der Waals surface area contributed by atoms with Gasteiger partial charge >= 0.3 is 6.36 Å². The molecule has 1 heterocycles. The van der Waals surface area contributed by atoms with E-state index in [1.54, 1.807) is 6.07 Å². The topological polar surface area (TPSA) is 81.4 Å². The number of hydrogen-bond acceptors (Lipinski definition) is 5. The van der Waals surface area contributed by atoms with Crippen LogP contribution in [0.1, 0.15) is 18.0 Å². The molecule has 2 atom stereocenters. The van der Waals surface area contributed by atoms with Crippen molar-refractivity contribution < 1.29 is 26.3 Å². The van der Waals surface area contributed by atoms with Crippen LogP contribution in [0.3, 0.4) is 0 Å². The third-order valence-corrected chi connectivity index (χ3v) is 5.16. The monoisotopic (exact) mass is 324 g/mol. The highest BCUT2D eigenvalue weighted by Crippen LogP contribution is 2.33. The molecule has 2 rings (SSSR count). The summed E-state index contributed by atoms with van der Waals surface area (Å²) in [6.07, 6.45) is -4.36. The van der Waals surface area contributed by atoms with Crippen LogP contribution in [0.25, 0.3) is 0 Å². The number of nitrogens with one attached hydrogen (secondary N) is 1. The van der Waals surface area contributed by atoms with Crippen LogP contribution in [0.15, 0.2) is 24.3 Å². The Kier molecular flexibility index (Phi) is 4.45. The zero-order valence-corrected chi connectivity index (χ0v) is 11.7. The van der Waals surface area contributed by atoms with Crippen molar-refractivity contribution in [1.82, 2.24) is 5.43 Å². The first-order valence-corrected chi connectivity index (χ1v) is 8.04. The second kappa shape index (κ2) is 5.82. The molecule has 1 aromatic carbocycles. The Labute approximate surface area is 120 Å². The van der Waals surface area contributed by atoms with Gasteiger partial charge < -0.3 is 4.74 Å². The van der Waals surface area contributed by atoms with E-state index in [0.717, 1.165) is 0 Å². The summed E-state index contributed by atoms with van der Waals surface area (Å²) in [5.41, 5.74) is 2.95. The molecule has 1 fully saturated rings. The van der Waals surface area contributed by atoms with Crippen LogP contribution in [0.4, 0.5) is 13.2 Å². The largest absolute Gasteiger partial charge is 0.573 e. The van der Waals surface area contributed by atoms with Crippen LogP contribution in [-0.2, 0) is 9.84 Å². The number of halogens is 3. The smallest absolute Gasteiger partial charge is 0.406 e. The van der Waals surface area contributed by atoms with E-state index in [1.165, 1.54) is 18.2 Å². The van der Waals surface area contributed by atoms with Gasteiger partial charge in [0.1, 0.15) is 5.75 Å². The molecule has 0 radical (unpaired) electrons. The Bertz CT molecular complexity index is 604. The van der Waals surface area contributed by atoms with Gasteiger partial charge in [-0.25, -0.2) is 8.42 Å². The Morgan fingerprint density at radius 3 is 2.62 bits per heavy atom. The van der Waals surface area contributed by atoms with Crippen LogP contribution in [-0.4, -0.2) is 26.3 Å². The molecule has 1 saturated heterocycles. The maximum Gasteiger partial charge on any atom is 0.573 e. The van der Waals surface area contributed by atoms with Crippen molar-refractivity contribution in [3.8, 4) is 5.75 Å². The van der Waals surface area contributed by atoms with Crippen molar-refractivity contribution in [2.24, 2.45) is 11.8 Å². The second-order valence-electron chi connectivity index (χ2n) is 4.93. The number of sulfone groups is 1. The minimum atomic E-state index is -4.78. The fourth-order valence-electron chi connectivity index (χ4n) is 2.50. The lowest BCUT2D eigenvalue weighted by molar-refractivity contribution is -0.274. The number of hydrogen-bond donors (Lipinski definition) is 2. The molecule has 21 heavy (non-hydrogen) atoms. The zero-order valence-electron chi connectivity index (χ0n) is 10.9. The SMILES string of the molecule is NNC(c1cccc(OC(F)(F)F)c1)C1CCS(=O)(=O)C1. The van der Waals surface area contributed by atoms with Gasteiger partial charge in [-0.3, -0.25) is 11.3 Å². The maximum atomic E-state index is 12.2. The average Bonchev–Trinajstić information content (AvgIpc) is 2.69. The van der Waals surface area contributed by atoms with Crippen LogP contribution in [0.2, 0.25) is 0 Å². The summed E-state index contributed by atoms with van der Waals surface area (Å²) >= 11 is 0. The van der Waals surface area contributed by atoms with Gasteiger partial charge in [0.25, 0.3) is 0 Å². The van der Waals surface area contributed by atoms with Gasteiger partial charge in [-0.15, -0.1) is 13.2 Å². The normalized spacial score (nSPS) is 23.0. The molecule has 0 bridgehead atoms. The van der Waals surface area contributed by atoms with Crippen LogP contribution in [0.5, 0.6) is 5.75 Å². The first-order valence-electron chi connectivity index (χ1n) is 6.22. The summed E-state index contributed by atoms with van der Waals surface area (Å²) in [5, 5.41) is 0. The van der Waals surface area contributed by atoms with E-state index in [-0.39, 0.29) is 23.2 Å². The summed E-state index contributed by atoms with van der Waals surface area (Å²) in [7, 11) is -3.10. The van der Waals surface area contributed by atoms with Crippen molar-refractivity contribution in [2.75, 3.05) is 11.5 Å². The summed E-state index contributed by atoms with van der Waals surface area (Å²) in [5.74, 6) is 4.83. The van der Waals surface area contributed by atoms with Crippen molar-refractivity contribution >= 4 is 9.84 Å². The average molecular weight is 324 g/mol. The van der Waals surface area contributed by atoms with Crippen LogP contribution < -0.4 is 16.0 Å². The van der Waals surface area contributed by atoms with Gasteiger partial charge in [0, 0.05) is 6.04 Å². The summed E-state index contributed by atoms with van der Waals surface area (Å²) in [6.45, 7) is 0. The Hall–Kier alpha value is -1.32. The summed E-state index contributed by atoms with van der Waals surface area (Å²) in [6, 6.07) is 4.83. The van der Waals surface area contributed by atoms with Crippen LogP contribution in [0, 0.1) is 5.92 Å². The Morgan fingerprint density at radius 2 is 2.10 bits per heavy atom. The van der Waals surface area contributed by atoms with Crippen molar-refractivity contribution in [3.05, 3.63) is 29.8 Å². The van der Waals surface area contributed by atoms with Gasteiger partial charge in [0.2, 0.25) is 0 Å². The van der Waals surface area contributed by atoms with Crippen molar-refractivity contribution in [1.29, 1.82) is 0 Å². The molecule has 0 amide bonds. The maximum absolute atomic E-state index is 12.2. The molecule has 0 spiro atoms. The minimum absolute atomic E-state index is 0.0355. The number of benzene rings is 1. The zero-order chi connectivity index (χ0) is 15.7. The second-order valence-corrected chi connectivity index (χ2v) is 7.16. The molecule has 1 aliphatic heterocycles. The quantitative estimate of drug-likeness (QED) is 0.648. The molecular weight excluding hydrogens is 309 g/mol. The molecule has 118 valence electrons. The summed E-state index contributed by atoms with van der Waals surface area (Å²) < 4.78 is 63.5. The lowest BCUT2D eigenvalue weighted by atomic mass is 9.93. The molecule has 5 nitrogen and oxygen atoms in total. The predicted octanol–water partition coefficient (Wildman–Crippen LogP) is 1.52. The van der Waals surface area contributed by atoms with E-state index >= 15 is 0 Å². The van der Waals surface area contributed by atoms with E-state index < -0.39 is 22.2 Å². The molecule has 0 saturated carbocycles. The molecular formula is C12H15F3N2O3S. The van der Waals surface area contributed by atoms with Gasteiger partial charge in [0.15, 0.2) is 9.84 Å². The highest BCUT2D eigenvalue weighted by atomic mass is 32.2. The number of alkyl halides is 3. The van der Waals surface area contributed by atoms with E-state index in [1.807, 2.05) is 0 Å². The summed E-state index contributed by atoms with van der Waals surface area (Å²) in [4.78, 5) is 0. The molecule has 3 N–H and O–H groups in total. The van der Waals surface area contributed by atoms with Gasteiger partial charge in [-0.2, -0.15) is 0 Å². The molecule has 0 aromatic heterocycles. The van der Waals surface area contributed by atoms with Crippen molar-refractivity contribution in [2.45, 2.75) is 18.8 Å². The van der Waals surface area contributed by atoms with Crippen molar-refractivity contribution in [3.63, 3.8) is 0 Å². The Balaban J connectivity index is 2.21. The van der Waals surface area contributed by atoms with Gasteiger partial charge in [0.05, 0.1) is 11.5 Å². The highest BCUT2D eigenvalue weighted by molar-refractivity contribution is 7.91. The van der Waals surface area contributed by atoms with E-state index in [0.29, 0.717) is 12.0 Å². The standard InChI is InChI=1S/C12H15F3N2O3S/c13-12(14,15)20-10-3-1-2-8(6-10)11(17-16)9-4-5-21(18,19)7-9/h1-3,6,9,11,17H,4-5,7,16H2. The lowest BCUT2D eigenvalue weighted by Crippen LogP contribution is -2.34. The molecule has 2 unspecified atom stereocenters. The fraction of sp³-hybridized carbons (Fsp3) is 0.500. The first kappa shape index (κ1) is 16.1. The Morgan fingerprint density at radius 1 is 1.38 bits per heavy atom. The molecule has 1 aromatic rings. The highest BCUT2D eigenvalue weighted by Gasteiger charge is 2.35. The minimum Gasteiger partial charge on any atom is -0.406 e. The van der Waals surface area contributed by atoms with Crippen LogP contribution >= 0.6 is 0 Å². The number of nitrogens with two attached hydrogens (primary N) is 1. The van der Waals surface area contributed by atoms with Gasteiger partial charge in [-0.05, 0) is 30.0 Å². The first-order chi connectivity index (χ1) is 9.70. The van der Waals surface area contributed by atoms with Gasteiger partial charge in [-0.1, -0.05) is 12.1 Å². The third-order valence-electron chi connectivity index (χ3n) is 3.37. The van der Waals surface area contributed by atoms with E-state index in [9.17, 15) is 21.6 Å². The number of hydrazine groups is 1. The van der Waals surface area contributed by atoms with E-state index in [2.05, 4.69) is 10.2 Å². The lowest BCUT2D eigenvalue weighted by Gasteiger charge is -2.22. The van der Waals surface area contributed by atoms with E-state index in [4.69, 9.17) is 5.84 Å². The number of ether oxygens (including phenoxy) is 1. The molecule has 0 aliphatic carbocycles. The molecule has 1 aliphatic rings. The number of rotatable bonds is 4. The predicted molar refractivity (Wildman–Crippen MR) is 69.9 cm³/mol.